The number of fused-ring (bicyclic) bond motifs is 1. The van der Waals surface area contributed by atoms with Crippen molar-refractivity contribution in [3.05, 3.63) is 52.6 Å². The van der Waals surface area contributed by atoms with E-state index in [4.69, 9.17) is 0 Å². The summed E-state index contributed by atoms with van der Waals surface area (Å²) >= 11 is 1.45. The monoisotopic (exact) mass is 448 g/mol. The number of hydrogen-bond donors (Lipinski definition) is 1. The van der Waals surface area contributed by atoms with Gasteiger partial charge in [-0.05, 0) is 18.1 Å². The Morgan fingerprint density at radius 3 is 2.31 bits per heavy atom. The van der Waals surface area contributed by atoms with E-state index in [1.54, 1.807) is 7.05 Å². The summed E-state index contributed by atoms with van der Waals surface area (Å²) in [6.07, 6.45) is 0. The molecule has 0 fully saturated rings. The van der Waals surface area contributed by atoms with Crippen molar-refractivity contribution in [3.8, 4) is 16.9 Å². The van der Waals surface area contributed by atoms with E-state index in [0.717, 1.165) is 16.1 Å². The van der Waals surface area contributed by atoms with Gasteiger partial charge < -0.3 is 12.5 Å². The first-order valence-corrected chi connectivity index (χ1v) is 9.01. The average Bonchev–Trinajstić information content (AvgIpc) is 3.03. The van der Waals surface area contributed by atoms with Gasteiger partial charge in [0.25, 0.3) is 5.56 Å². The number of pyridine rings is 1. The molecule has 0 aliphatic carbocycles. The van der Waals surface area contributed by atoms with E-state index in [9.17, 15) is 9.90 Å². The molecule has 1 N–H and O–H groups in total. The molecule has 6 heteroatoms. The Kier molecular flexibility index (Phi) is 9.93. The predicted molar refractivity (Wildman–Crippen MR) is 109 cm³/mol. The zero-order valence-corrected chi connectivity index (χ0v) is 20.3. The molecular weight excluding hydrogens is 421 g/mol. The fraction of sp³-hybridized carbons (Fsp3) is 0.350. The van der Waals surface area contributed by atoms with Gasteiger partial charge in [0.15, 0.2) is 5.65 Å². The van der Waals surface area contributed by atoms with Gasteiger partial charge in [0.1, 0.15) is 10.4 Å². The summed E-state index contributed by atoms with van der Waals surface area (Å²) in [5.41, 5.74) is 2.41. The smallest absolute Gasteiger partial charge is 0.263 e. The molecule has 139 valence electrons. The van der Waals surface area contributed by atoms with Crippen LogP contribution in [0.3, 0.4) is 0 Å². The quantitative estimate of drug-likeness (QED) is 0.544. The Bertz CT molecular complexity index is 929. The Morgan fingerprint density at radius 1 is 1.19 bits per heavy atom. The van der Waals surface area contributed by atoms with Crippen LogP contribution in [-0.4, -0.2) is 14.7 Å². The Balaban J connectivity index is 0.00000151. The predicted octanol–water partition coefficient (Wildman–Crippen LogP) is 5.27. The molecule has 4 nitrogen and oxygen atoms in total. The van der Waals surface area contributed by atoms with Crippen molar-refractivity contribution in [1.29, 1.82) is 0 Å². The fourth-order valence-electron chi connectivity index (χ4n) is 2.53. The largest absolute Gasteiger partial charge is 0.505 e. The minimum absolute atomic E-state index is 0. The van der Waals surface area contributed by atoms with Gasteiger partial charge in [-0.2, -0.15) is 0 Å². The standard InChI is InChI=1S/C17H18N2O2S.C2H6.CH3.Y/c1-9(2)16-18-15-14(22-16)13(20)12(17(21)19(15)4)11-8-6-5-7-10(11)3;1-2;;/h5-9,20H,1-4H3;1-2H3;1H3;/q;;-1;. The van der Waals surface area contributed by atoms with E-state index < -0.39 is 0 Å². The summed E-state index contributed by atoms with van der Waals surface area (Å²) in [6.45, 7) is 10.0. The van der Waals surface area contributed by atoms with Gasteiger partial charge in [0.05, 0.1) is 10.6 Å². The molecule has 3 rings (SSSR count). The van der Waals surface area contributed by atoms with Crippen LogP contribution in [0.15, 0.2) is 29.1 Å². The van der Waals surface area contributed by atoms with Crippen LogP contribution in [0.2, 0.25) is 0 Å². The van der Waals surface area contributed by atoms with Crippen LogP contribution in [-0.2, 0) is 39.8 Å². The van der Waals surface area contributed by atoms with Crippen molar-refractivity contribution in [1.82, 2.24) is 9.55 Å². The molecule has 0 atom stereocenters. The van der Waals surface area contributed by atoms with Crippen LogP contribution in [0, 0.1) is 14.4 Å². The Labute approximate surface area is 185 Å². The molecule has 26 heavy (non-hydrogen) atoms. The van der Waals surface area contributed by atoms with Gasteiger partial charge >= 0.3 is 0 Å². The number of benzene rings is 1. The van der Waals surface area contributed by atoms with Gasteiger partial charge in [-0.25, -0.2) is 4.98 Å². The summed E-state index contributed by atoms with van der Waals surface area (Å²) in [5.74, 6) is 0.297. The molecule has 0 unspecified atom stereocenters. The van der Waals surface area contributed by atoms with E-state index in [2.05, 4.69) is 18.8 Å². The van der Waals surface area contributed by atoms with Crippen LogP contribution in [0.4, 0.5) is 0 Å². The number of aromatic hydroxyl groups is 1. The molecule has 0 saturated carbocycles. The first kappa shape index (κ1) is 25.0. The summed E-state index contributed by atoms with van der Waals surface area (Å²) in [4.78, 5) is 17.2. The van der Waals surface area contributed by atoms with E-state index in [1.807, 2.05) is 45.0 Å². The van der Waals surface area contributed by atoms with Crippen molar-refractivity contribution in [2.75, 3.05) is 0 Å². The number of aromatic nitrogens is 2. The first-order valence-electron chi connectivity index (χ1n) is 8.20. The summed E-state index contributed by atoms with van der Waals surface area (Å²) in [5, 5.41) is 11.6. The summed E-state index contributed by atoms with van der Waals surface area (Å²) in [6, 6.07) is 7.59. The van der Waals surface area contributed by atoms with Crippen molar-refractivity contribution >= 4 is 21.7 Å². The van der Waals surface area contributed by atoms with Gasteiger partial charge in [-0.3, -0.25) is 9.36 Å². The molecular formula is C20H27N2O2SY-. The molecule has 1 radical (unpaired) electrons. The number of nitrogens with zero attached hydrogens (tertiary/aromatic N) is 2. The van der Waals surface area contributed by atoms with Crippen LogP contribution in [0.5, 0.6) is 5.75 Å². The van der Waals surface area contributed by atoms with Crippen LogP contribution < -0.4 is 5.56 Å². The third kappa shape index (κ3) is 4.44. The average molecular weight is 448 g/mol. The zero-order chi connectivity index (χ0) is 18.0. The molecule has 0 spiro atoms. The first-order chi connectivity index (χ1) is 11.4. The number of hydrogen-bond acceptors (Lipinski definition) is 4. The topological polar surface area (TPSA) is 55.1 Å². The molecule has 0 aliphatic rings. The summed E-state index contributed by atoms with van der Waals surface area (Å²) in [7, 11) is 1.70. The maximum Gasteiger partial charge on any atom is 0.263 e. The van der Waals surface area contributed by atoms with Gasteiger partial charge in [0.2, 0.25) is 0 Å². The zero-order valence-electron chi connectivity index (χ0n) is 16.6. The number of thiazole rings is 1. The molecule has 0 amide bonds. The molecule has 3 aromatic rings. The van der Waals surface area contributed by atoms with Crippen LogP contribution in [0.1, 0.15) is 44.2 Å². The molecule has 1 aromatic carbocycles. The van der Waals surface area contributed by atoms with Crippen molar-refractivity contribution in [2.45, 2.75) is 40.5 Å². The van der Waals surface area contributed by atoms with E-state index in [1.165, 1.54) is 15.9 Å². The molecule has 0 bridgehead atoms. The summed E-state index contributed by atoms with van der Waals surface area (Å²) < 4.78 is 2.20. The van der Waals surface area contributed by atoms with Crippen molar-refractivity contribution < 1.29 is 37.8 Å². The van der Waals surface area contributed by atoms with Crippen molar-refractivity contribution in [2.24, 2.45) is 7.05 Å². The SMILES string of the molecule is CC.Cc1ccccc1-c1c(O)c2sc(C(C)C)nc2n(C)c1=O.[CH3-].[Y]. The number of rotatable bonds is 2. The molecule has 0 aliphatic heterocycles. The number of aryl methyl sites for hydroxylation is 2. The second kappa shape index (κ2) is 10.3. The molecule has 0 saturated heterocycles. The Hall–Kier alpha value is -1.04. The Morgan fingerprint density at radius 2 is 1.77 bits per heavy atom. The van der Waals surface area contributed by atoms with Gasteiger partial charge in [0, 0.05) is 45.7 Å². The van der Waals surface area contributed by atoms with E-state index in [-0.39, 0.29) is 57.4 Å². The van der Waals surface area contributed by atoms with Crippen molar-refractivity contribution in [3.63, 3.8) is 0 Å². The maximum absolute atomic E-state index is 12.7. The van der Waals surface area contributed by atoms with Gasteiger partial charge in [-0.1, -0.05) is 52.0 Å². The minimum Gasteiger partial charge on any atom is -0.505 e. The second-order valence-corrected chi connectivity index (χ2v) is 6.79. The van der Waals surface area contributed by atoms with E-state index in [0.29, 0.717) is 15.9 Å². The van der Waals surface area contributed by atoms with Crippen LogP contribution in [0.25, 0.3) is 21.5 Å². The van der Waals surface area contributed by atoms with Crippen LogP contribution >= 0.6 is 11.3 Å². The maximum atomic E-state index is 12.7. The molecule has 2 aromatic heterocycles. The van der Waals surface area contributed by atoms with Gasteiger partial charge in [-0.15, -0.1) is 11.3 Å². The molecule has 2 heterocycles. The fourth-order valence-corrected chi connectivity index (χ4v) is 3.58. The third-order valence-electron chi connectivity index (χ3n) is 3.82. The van der Waals surface area contributed by atoms with E-state index >= 15 is 0 Å². The third-order valence-corrected chi connectivity index (χ3v) is 5.17. The minimum atomic E-state index is -0.222. The normalized spacial score (nSPS) is 9.96. The second-order valence-electron chi connectivity index (χ2n) is 5.76.